The minimum atomic E-state index is -5.01. The average Bonchev–Trinajstić information content (AvgIpc) is 1.33. The van der Waals surface area contributed by atoms with Gasteiger partial charge < -0.3 is 68.8 Å². The van der Waals surface area contributed by atoms with Crippen LogP contribution in [0.1, 0.15) is 158 Å². The summed E-state index contributed by atoms with van der Waals surface area (Å²) < 4.78 is 73.5. The second kappa shape index (κ2) is 54.5. The lowest BCUT2D eigenvalue weighted by Crippen LogP contribution is -2.57. The Balaban J connectivity index is 0.846. The smallest absolute Gasteiger partial charge is 0.478 e. The number of amidine groups is 1. The highest BCUT2D eigenvalue weighted by Crippen LogP contribution is 2.39. The third-order valence-electron chi connectivity index (χ3n) is 20.5. The van der Waals surface area contributed by atoms with E-state index in [0.29, 0.717) is 88.8 Å². The van der Waals surface area contributed by atoms with Gasteiger partial charge in [0.05, 0.1) is 70.9 Å². The fourth-order valence-electron chi connectivity index (χ4n) is 14.2. The largest absolute Gasteiger partial charge is 0.524 e. The molecule has 3 heterocycles. The number of pyridine rings is 1. The number of rotatable bonds is 53. The fourth-order valence-corrected chi connectivity index (χ4v) is 14.9. The number of nitrogens with one attached hydrogen (secondary N) is 7. The Hall–Kier alpha value is -9.89. The number of hydrogen-bond acceptors (Lipinski definition) is 29. The van der Waals surface area contributed by atoms with Gasteiger partial charge in [0, 0.05) is 128 Å². The van der Waals surface area contributed by atoms with Crippen LogP contribution in [0.25, 0.3) is 22.4 Å². The maximum Gasteiger partial charge on any atom is 0.524 e. The number of phosphoric ester groups is 2. The number of carbonyl (C=O) groups excluding carboxylic acids is 9. The van der Waals surface area contributed by atoms with Crippen LogP contribution in [0.4, 0.5) is 0 Å². The number of Topliss-reactive ketones (excluding diaryl/α,β-unsaturated/α-hetero) is 1. The van der Waals surface area contributed by atoms with Crippen LogP contribution in [0.3, 0.4) is 0 Å². The Morgan fingerprint density at radius 3 is 1.33 bits per heavy atom. The van der Waals surface area contributed by atoms with Crippen LogP contribution in [0.5, 0.6) is 17.4 Å². The Bertz CT molecular complexity index is 4480. The van der Waals surface area contributed by atoms with Crippen LogP contribution in [0, 0.1) is 5.41 Å². The first-order valence-electron chi connectivity index (χ1n) is 44.9. The molecule has 2 aliphatic heterocycles. The molecule has 7 rings (SSSR count). The molecule has 40 heteroatoms. The molecule has 11 N–H and O–H groups in total. The van der Waals surface area contributed by atoms with E-state index in [0.717, 1.165) is 53.9 Å². The number of ether oxygens (including phenoxy) is 7. The molecule has 5 aromatic rings. The third-order valence-corrected chi connectivity index (χ3v) is 21.4. The van der Waals surface area contributed by atoms with Crippen LogP contribution < -0.4 is 51.4 Å². The van der Waals surface area contributed by atoms with Crippen molar-refractivity contribution in [2.24, 2.45) is 10.5 Å². The van der Waals surface area contributed by atoms with Crippen molar-refractivity contribution in [2.75, 3.05) is 144 Å². The Morgan fingerprint density at radius 2 is 0.879 bits per heavy atom. The molecule has 1 aromatic heterocycles. The number of hydrazone groups is 1. The van der Waals surface area contributed by atoms with Crippen molar-refractivity contribution >= 4 is 74.7 Å². The first-order valence-corrected chi connectivity index (χ1v) is 48.0. The maximum atomic E-state index is 15.1. The van der Waals surface area contributed by atoms with E-state index in [9.17, 15) is 67.1 Å². The number of phosphoric acid groups is 2. The van der Waals surface area contributed by atoms with Gasteiger partial charge in [-0.15, -0.1) is 10.6 Å². The number of benzene rings is 4. The molecule has 0 unspecified atom stereocenters. The Morgan fingerprint density at radius 1 is 0.455 bits per heavy atom. The fraction of sp³-hybridized carbons (Fsp3) is 0.576. The first-order chi connectivity index (χ1) is 62.4. The molecular weight excluding hydrogens is 1750 g/mol. The number of unbranched alkanes of at least 4 members (excludes halogenated alkanes) is 2. The summed E-state index contributed by atoms with van der Waals surface area (Å²) in [7, 11) is -10.0. The van der Waals surface area contributed by atoms with Crippen molar-refractivity contribution in [2.45, 2.75) is 195 Å². The zero-order chi connectivity index (χ0) is 96.5. The molecule has 0 radical (unpaired) electrons. The minimum absolute atomic E-state index is 0.0266. The van der Waals surface area contributed by atoms with E-state index < -0.39 is 97.9 Å². The lowest BCUT2D eigenvalue weighted by atomic mass is 9.85. The topological polar surface area (TPSA) is 477 Å². The average molecular weight is 1890 g/mol. The minimum Gasteiger partial charge on any atom is -0.478 e. The van der Waals surface area contributed by atoms with Gasteiger partial charge in [0.1, 0.15) is 46.2 Å². The second-order valence-corrected chi connectivity index (χ2v) is 38.5. The van der Waals surface area contributed by atoms with Crippen LogP contribution >= 0.6 is 15.6 Å². The molecule has 0 spiro atoms. The van der Waals surface area contributed by atoms with Crippen molar-refractivity contribution in [3.8, 4) is 39.8 Å². The SMILES string of the molecule is CC(=O)[C@H](CCC(=O)NCCCOCCOCCOCCCNC(=O)CCCCN1NNN=C1C(C)(C)CCCCOc1cc(-c2ccccc2)cc(-c2ccccc2)n1)NC(=O)[C@@H](Cc1ccc(OP(=O)(O)O)cc1)NC(=O)[C@@H](Cc1ccc(OP(=O)(O)O)cc1)NC(=O)CN1CCN(CC(=O)OC(C)(C)C)CCN(CC(=O)OC(C)(C)C)CCN(CC(=O)OC(C)(C)C)CC1. The van der Waals surface area contributed by atoms with Crippen molar-refractivity contribution in [3.63, 3.8) is 0 Å². The third kappa shape index (κ3) is 45.2. The quantitative estimate of drug-likeness (QED) is 0.00783. The second-order valence-electron chi connectivity index (χ2n) is 36.1. The molecule has 3 atom stereocenters. The van der Waals surface area contributed by atoms with Gasteiger partial charge in [-0.05, 0) is 173 Å². The monoisotopic (exact) mass is 1880 g/mol. The molecule has 730 valence electrons. The summed E-state index contributed by atoms with van der Waals surface area (Å²) in [6, 6.07) is 30.5. The molecular formula is C92H138N14O24P2. The van der Waals surface area contributed by atoms with Gasteiger partial charge in [0.2, 0.25) is 35.4 Å². The molecule has 4 aromatic carbocycles. The van der Waals surface area contributed by atoms with Crippen LogP contribution in [0.2, 0.25) is 0 Å². The van der Waals surface area contributed by atoms with Gasteiger partial charge in [0.25, 0.3) is 0 Å². The van der Waals surface area contributed by atoms with Gasteiger partial charge >= 0.3 is 33.6 Å². The van der Waals surface area contributed by atoms with E-state index in [2.05, 4.69) is 74.8 Å². The Kier molecular flexibility index (Phi) is 45.0. The van der Waals surface area contributed by atoms with E-state index in [1.807, 2.05) is 74.3 Å². The highest BCUT2D eigenvalue weighted by atomic mass is 31.2. The van der Waals surface area contributed by atoms with E-state index in [-0.39, 0.29) is 147 Å². The number of amides is 5. The molecule has 0 bridgehead atoms. The van der Waals surface area contributed by atoms with Gasteiger partial charge in [-0.1, -0.05) is 98.8 Å². The van der Waals surface area contributed by atoms with Gasteiger partial charge in [-0.3, -0.25) is 87.3 Å². The number of ketones is 1. The zero-order valence-corrected chi connectivity index (χ0v) is 80.1. The van der Waals surface area contributed by atoms with Crippen molar-refractivity contribution in [1.82, 2.24) is 67.2 Å². The van der Waals surface area contributed by atoms with Crippen molar-refractivity contribution in [3.05, 3.63) is 132 Å². The zero-order valence-electron chi connectivity index (χ0n) is 78.3. The highest BCUT2D eigenvalue weighted by molar-refractivity contribution is 7.47. The number of hydrogen-bond donors (Lipinski definition) is 11. The summed E-state index contributed by atoms with van der Waals surface area (Å²) in [6.07, 6.45) is 4.54. The first kappa shape index (κ1) is 109. The lowest BCUT2D eigenvalue weighted by Gasteiger charge is -2.34. The molecule has 0 saturated carbocycles. The summed E-state index contributed by atoms with van der Waals surface area (Å²) in [5, 5.41) is 20.5. The number of nitrogens with zero attached hydrogens (tertiary/aromatic N) is 7. The summed E-state index contributed by atoms with van der Waals surface area (Å²) in [6.45, 7) is 25.9. The predicted octanol–water partition coefficient (Wildman–Crippen LogP) is 7.36. The van der Waals surface area contributed by atoms with E-state index >= 15 is 4.79 Å². The number of hydrazine groups is 2. The summed E-state index contributed by atoms with van der Waals surface area (Å²) in [4.78, 5) is 174. The summed E-state index contributed by atoms with van der Waals surface area (Å²) in [5.41, 5.74) is 8.06. The summed E-state index contributed by atoms with van der Waals surface area (Å²) >= 11 is 0. The molecule has 1 fully saturated rings. The maximum absolute atomic E-state index is 15.1. The molecule has 2 aliphatic rings. The van der Waals surface area contributed by atoms with Crippen molar-refractivity contribution < 1.29 is 114 Å². The Labute approximate surface area is 774 Å². The van der Waals surface area contributed by atoms with E-state index in [4.69, 9.17) is 47.2 Å². The van der Waals surface area contributed by atoms with E-state index in [1.54, 1.807) is 67.2 Å². The molecule has 38 nitrogen and oxygen atoms in total. The lowest BCUT2D eigenvalue weighted by molar-refractivity contribution is -0.158. The van der Waals surface area contributed by atoms with Crippen LogP contribution in [0.15, 0.2) is 126 Å². The highest BCUT2D eigenvalue weighted by Gasteiger charge is 2.35. The normalized spacial score (nSPS) is 15.0. The number of esters is 3. The molecule has 5 amide bonds. The van der Waals surface area contributed by atoms with Crippen LogP contribution in [-0.4, -0.2) is 288 Å². The molecule has 0 aliphatic carbocycles. The van der Waals surface area contributed by atoms with Gasteiger partial charge in [-0.2, -0.15) is 0 Å². The van der Waals surface area contributed by atoms with E-state index in [1.165, 1.54) is 55.5 Å². The van der Waals surface area contributed by atoms with Crippen molar-refractivity contribution in [1.29, 1.82) is 0 Å². The standard InChI is InChI=1S/C92H138N14O24P2/c1-67(107)75(38-39-80(109)94-42-24-53-123-56-58-124-57-55-122-52-23-41-93-79(108)29-19-21-43-106-88(99-100-101-106)92(11,12)40-20-22-54-125-82-62-72(70-25-15-13-16-26-70)61-76(96-82)71-27-17-14-18-28-71)97-87(115)78(60-69-32-36-74(37-33-69)130-132(119,120)121)98-86(114)77(59-68-30-34-73(35-31-68)129-131(116,117)118)95-81(110)63-102-44-46-103(64-83(111)126-89(2,3)4)48-50-105(66-85(113)128-91(8,9)10)51-49-104(47-45-102)65-84(112)127-90(5,6)7/h13-18,25-28,30-37,61-62,75,77-78,100-101H,19-24,29,38-60,63-66H2,1-12H3,(H,93,108)(H,94,109)(H,95,110)(H,97,115)(H,98,114)(H2,116,117,118)(H2,119,120,121)/t75-,77+,78+/m0/s1. The number of aromatic nitrogens is 1. The van der Waals surface area contributed by atoms with Crippen LogP contribution in [-0.2, 0) is 93.5 Å². The number of carbonyl (C=O) groups is 9. The summed E-state index contributed by atoms with van der Waals surface area (Å²) in [5.74, 6) is -4.05. The van der Waals surface area contributed by atoms with Gasteiger partial charge in [0.15, 0.2) is 5.78 Å². The van der Waals surface area contributed by atoms with Gasteiger partial charge in [-0.25, -0.2) is 19.6 Å². The predicted molar refractivity (Wildman–Crippen MR) is 495 cm³/mol. The molecule has 132 heavy (non-hydrogen) atoms. The molecule has 1 saturated heterocycles.